The molecule has 0 saturated heterocycles. The number of halogens is 1. The molecule has 0 bridgehead atoms. The van der Waals surface area contributed by atoms with Gasteiger partial charge in [0.15, 0.2) is 15.7 Å². The van der Waals surface area contributed by atoms with Crippen molar-refractivity contribution in [1.82, 2.24) is 15.2 Å². The van der Waals surface area contributed by atoms with Crippen LogP contribution in [0.3, 0.4) is 0 Å². The van der Waals surface area contributed by atoms with Crippen molar-refractivity contribution >= 4 is 27.3 Å². The summed E-state index contributed by atoms with van der Waals surface area (Å²) >= 11 is 0. The van der Waals surface area contributed by atoms with Crippen LogP contribution in [-0.4, -0.2) is 39.4 Å². The maximum absolute atomic E-state index is 13.1. The fourth-order valence-corrected chi connectivity index (χ4v) is 3.95. The van der Waals surface area contributed by atoms with E-state index in [1.54, 1.807) is 12.2 Å². The fourth-order valence-electron chi connectivity index (χ4n) is 2.57. The summed E-state index contributed by atoms with van der Waals surface area (Å²) in [6, 6.07) is 4.27. The molecule has 1 heterocycles. The largest absolute Gasteiger partial charge is 0.512 e. The first-order chi connectivity index (χ1) is 13.1. The maximum atomic E-state index is 13.1. The lowest BCUT2D eigenvalue weighted by molar-refractivity contribution is -0.117. The molecule has 1 aromatic heterocycles. The Balaban J connectivity index is 1.79. The predicted molar refractivity (Wildman–Crippen MR) is 101 cm³/mol. The predicted octanol–water partition coefficient (Wildman–Crippen LogP) is 2.75. The molecule has 0 spiro atoms. The first-order valence-electron chi connectivity index (χ1n) is 8.44. The van der Waals surface area contributed by atoms with Crippen LogP contribution in [0.25, 0.3) is 5.57 Å². The number of nitrogens with one attached hydrogen (secondary N) is 2. The number of hydrogen-bond acceptors (Lipinski definition) is 6. The Morgan fingerprint density at radius 3 is 2.46 bits per heavy atom. The summed E-state index contributed by atoms with van der Waals surface area (Å²) < 4.78 is 36.9. The van der Waals surface area contributed by atoms with Gasteiger partial charge in [-0.15, -0.1) is 10.2 Å². The number of rotatable bonds is 5. The molecule has 0 atom stereocenters. The second kappa shape index (κ2) is 7.19. The molecule has 1 aliphatic carbocycles. The van der Waals surface area contributed by atoms with Gasteiger partial charge < -0.3 is 10.1 Å². The standard InChI is InChI=1S/C18H19FN4O4S/c1-18(2,28(26,27)14-9-5-12(19)6-10-14)16(25)21-17-20-15(22-23-17)11-3-7-13(24)8-4-11/h3,5-7,9-10,24H,4,8H2,1-2H3,(H2,20,21,22,23,25). The summed E-state index contributed by atoms with van der Waals surface area (Å²) in [5.74, 6) is -0.699. The zero-order valence-electron chi connectivity index (χ0n) is 15.2. The topological polar surface area (TPSA) is 125 Å². The van der Waals surface area contributed by atoms with Crippen LogP contribution in [0.15, 0.2) is 47.1 Å². The van der Waals surface area contributed by atoms with Crippen LogP contribution in [0.1, 0.15) is 32.5 Å². The van der Waals surface area contributed by atoms with Gasteiger partial charge in [0.25, 0.3) is 0 Å². The highest BCUT2D eigenvalue weighted by Crippen LogP contribution is 2.27. The lowest BCUT2D eigenvalue weighted by atomic mass is 10.0. The quantitative estimate of drug-likeness (QED) is 0.656. The average Bonchev–Trinajstić information content (AvgIpc) is 3.11. The van der Waals surface area contributed by atoms with Crippen LogP contribution in [-0.2, 0) is 14.6 Å². The number of H-pyrrole nitrogens is 1. The number of hydrogen-bond donors (Lipinski definition) is 3. The minimum Gasteiger partial charge on any atom is -0.512 e. The molecule has 0 fully saturated rings. The molecule has 148 valence electrons. The third kappa shape index (κ3) is 3.68. The number of sulfone groups is 1. The van der Waals surface area contributed by atoms with Crippen LogP contribution in [0.5, 0.6) is 0 Å². The summed E-state index contributed by atoms with van der Waals surface area (Å²) in [6.45, 7) is 2.52. The van der Waals surface area contributed by atoms with Gasteiger partial charge in [-0.2, -0.15) is 0 Å². The van der Waals surface area contributed by atoms with Gasteiger partial charge in [0.05, 0.1) is 10.7 Å². The van der Waals surface area contributed by atoms with E-state index in [4.69, 9.17) is 0 Å². The van der Waals surface area contributed by atoms with Crippen molar-refractivity contribution in [1.29, 1.82) is 0 Å². The molecule has 0 radical (unpaired) electrons. The maximum Gasteiger partial charge on any atom is 0.247 e. The zero-order chi connectivity index (χ0) is 20.5. The van der Waals surface area contributed by atoms with Gasteiger partial charge in [0.1, 0.15) is 10.6 Å². The second-order valence-electron chi connectivity index (χ2n) is 6.79. The molecule has 3 rings (SSSR count). The Hall–Kier alpha value is -3.01. The number of aliphatic hydroxyl groups is 1. The number of benzene rings is 1. The highest BCUT2D eigenvalue weighted by atomic mass is 32.2. The second-order valence-corrected chi connectivity index (χ2v) is 9.29. The minimum absolute atomic E-state index is 0.00190. The normalized spacial score (nSPS) is 15.0. The van der Waals surface area contributed by atoms with Crippen LogP contribution < -0.4 is 5.32 Å². The van der Waals surface area contributed by atoms with Crippen molar-refractivity contribution in [3.63, 3.8) is 0 Å². The van der Waals surface area contributed by atoms with Gasteiger partial charge in [-0.1, -0.05) is 6.08 Å². The number of allylic oxidation sites excluding steroid dienone is 4. The van der Waals surface area contributed by atoms with Gasteiger partial charge >= 0.3 is 0 Å². The Morgan fingerprint density at radius 1 is 1.18 bits per heavy atom. The van der Waals surface area contributed by atoms with Gasteiger partial charge in [0, 0.05) is 6.42 Å². The van der Waals surface area contributed by atoms with Crippen molar-refractivity contribution < 1.29 is 22.7 Å². The molecule has 1 aliphatic rings. The molecule has 28 heavy (non-hydrogen) atoms. The minimum atomic E-state index is -4.08. The van der Waals surface area contributed by atoms with Crippen LogP contribution in [0, 0.1) is 5.82 Å². The van der Waals surface area contributed by atoms with E-state index in [1.165, 1.54) is 13.8 Å². The van der Waals surface area contributed by atoms with E-state index < -0.39 is 26.3 Å². The summed E-state index contributed by atoms with van der Waals surface area (Å²) in [7, 11) is -4.08. The Morgan fingerprint density at radius 2 is 1.86 bits per heavy atom. The van der Waals surface area contributed by atoms with Crippen LogP contribution in [0.2, 0.25) is 0 Å². The SMILES string of the molecule is CC(C)(C(=O)Nc1nnc(C2=CC=C(O)CC2)[nH]1)S(=O)(=O)c1ccc(F)cc1. The number of carbonyl (C=O) groups is 1. The number of nitrogens with zero attached hydrogens (tertiary/aromatic N) is 2. The molecule has 3 N–H and O–H groups in total. The molecule has 8 nitrogen and oxygen atoms in total. The monoisotopic (exact) mass is 406 g/mol. The number of amides is 1. The zero-order valence-corrected chi connectivity index (χ0v) is 16.0. The van der Waals surface area contributed by atoms with Crippen molar-refractivity contribution in [2.75, 3.05) is 5.32 Å². The van der Waals surface area contributed by atoms with Crippen molar-refractivity contribution in [2.24, 2.45) is 0 Å². The highest BCUT2D eigenvalue weighted by molar-refractivity contribution is 7.93. The number of aromatic amines is 1. The number of aliphatic hydroxyl groups excluding tert-OH is 1. The van der Waals surface area contributed by atoms with Crippen molar-refractivity contribution in [3.05, 3.63) is 53.8 Å². The molecular weight excluding hydrogens is 387 g/mol. The summed E-state index contributed by atoms with van der Waals surface area (Å²) in [5.41, 5.74) is 0.795. The van der Waals surface area contributed by atoms with E-state index in [0.29, 0.717) is 18.7 Å². The molecule has 0 saturated carbocycles. The van der Waals surface area contributed by atoms with Crippen LogP contribution in [0.4, 0.5) is 10.3 Å². The fraction of sp³-hybridized carbons (Fsp3) is 0.278. The molecule has 1 aromatic carbocycles. The van der Waals surface area contributed by atoms with Gasteiger partial charge in [-0.05, 0) is 56.2 Å². The Bertz CT molecular complexity index is 1070. The third-order valence-corrected chi connectivity index (χ3v) is 6.91. The lowest BCUT2D eigenvalue weighted by Crippen LogP contribution is -2.44. The van der Waals surface area contributed by atoms with Gasteiger partial charge in [0.2, 0.25) is 11.9 Å². The average molecular weight is 406 g/mol. The summed E-state index contributed by atoms with van der Waals surface area (Å²) in [5, 5.41) is 19.6. The first-order valence-corrected chi connectivity index (χ1v) is 9.93. The smallest absolute Gasteiger partial charge is 0.247 e. The summed E-state index contributed by atoms with van der Waals surface area (Å²) in [4.78, 5) is 15.3. The lowest BCUT2D eigenvalue weighted by Gasteiger charge is -2.23. The molecule has 1 amide bonds. The van der Waals surface area contributed by atoms with E-state index in [-0.39, 0.29) is 16.6 Å². The number of aromatic nitrogens is 3. The summed E-state index contributed by atoms with van der Waals surface area (Å²) in [6.07, 6.45) is 4.26. The van der Waals surface area contributed by atoms with E-state index in [0.717, 1.165) is 29.8 Å². The molecule has 10 heteroatoms. The molecule has 0 unspecified atom stereocenters. The molecule has 2 aromatic rings. The molecule has 0 aliphatic heterocycles. The first kappa shape index (κ1) is 19.7. The number of carbonyl (C=O) groups excluding carboxylic acids is 1. The van der Waals surface area contributed by atoms with E-state index >= 15 is 0 Å². The van der Waals surface area contributed by atoms with E-state index in [9.17, 15) is 22.7 Å². The Kier molecular flexibility index (Phi) is 5.07. The Labute approximate surface area is 161 Å². The van der Waals surface area contributed by atoms with Gasteiger partial charge in [-0.3, -0.25) is 10.1 Å². The van der Waals surface area contributed by atoms with Crippen LogP contribution >= 0.6 is 0 Å². The van der Waals surface area contributed by atoms with E-state index in [1.807, 2.05) is 0 Å². The van der Waals surface area contributed by atoms with Crippen molar-refractivity contribution in [2.45, 2.75) is 36.3 Å². The molecular formula is C18H19FN4O4S. The third-order valence-electron chi connectivity index (χ3n) is 4.49. The van der Waals surface area contributed by atoms with Gasteiger partial charge in [-0.25, -0.2) is 12.8 Å². The van der Waals surface area contributed by atoms with Crippen molar-refractivity contribution in [3.8, 4) is 0 Å². The number of anilines is 1. The highest BCUT2D eigenvalue weighted by Gasteiger charge is 2.43. The van der Waals surface area contributed by atoms with E-state index in [2.05, 4.69) is 20.5 Å².